The third-order valence-corrected chi connectivity index (χ3v) is 6.73. The van der Waals surface area contributed by atoms with E-state index in [1.807, 2.05) is 12.1 Å². The molecule has 4 heteroatoms. The van der Waals surface area contributed by atoms with Gasteiger partial charge in [0, 0.05) is 22.3 Å². The van der Waals surface area contributed by atoms with Crippen LogP contribution in [0.3, 0.4) is 0 Å². The number of fused-ring (bicyclic) bond motifs is 2. The average Bonchev–Trinajstić information content (AvgIpc) is 2.90. The summed E-state index contributed by atoms with van der Waals surface area (Å²) in [6.45, 7) is 4.18. The Balaban J connectivity index is 1.74. The second-order valence-electron chi connectivity index (χ2n) is 9.06. The molecule has 0 fully saturated rings. The largest absolute Gasteiger partial charge is 0.496 e. The quantitative estimate of drug-likeness (QED) is 0.248. The molecule has 0 unspecified atom stereocenters. The molecular formula is C32H30O4. The van der Waals surface area contributed by atoms with E-state index in [1.54, 1.807) is 28.4 Å². The summed E-state index contributed by atoms with van der Waals surface area (Å²) < 4.78 is 23.5. The van der Waals surface area contributed by atoms with Gasteiger partial charge in [-0.3, -0.25) is 0 Å². The molecule has 0 spiro atoms. The van der Waals surface area contributed by atoms with Gasteiger partial charge in [0.05, 0.1) is 28.4 Å². The fraction of sp³-hybridized carbons (Fsp3) is 0.188. The van der Waals surface area contributed by atoms with Gasteiger partial charge in [-0.05, 0) is 71.8 Å². The highest BCUT2D eigenvalue weighted by Crippen LogP contribution is 2.47. The second-order valence-corrected chi connectivity index (χ2v) is 9.06. The summed E-state index contributed by atoms with van der Waals surface area (Å²) in [7, 11) is 6.76. The normalized spacial score (nSPS) is 11.1. The predicted molar refractivity (Wildman–Crippen MR) is 148 cm³/mol. The summed E-state index contributed by atoms with van der Waals surface area (Å²) in [4.78, 5) is 0. The van der Waals surface area contributed by atoms with Gasteiger partial charge in [-0.25, -0.2) is 0 Å². The maximum atomic E-state index is 5.92. The van der Waals surface area contributed by atoms with Gasteiger partial charge in [0.15, 0.2) is 0 Å². The van der Waals surface area contributed by atoms with Crippen molar-refractivity contribution in [2.45, 2.75) is 13.8 Å². The van der Waals surface area contributed by atoms with Crippen LogP contribution in [-0.2, 0) is 0 Å². The number of rotatable bonds is 6. The summed E-state index contributed by atoms with van der Waals surface area (Å²) in [5, 5.41) is 4.53. The van der Waals surface area contributed by atoms with Gasteiger partial charge < -0.3 is 18.9 Å². The van der Waals surface area contributed by atoms with Crippen molar-refractivity contribution in [3.8, 4) is 45.3 Å². The van der Waals surface area contributed by atoms with E-state index in [2.05, 4.69) is 74.5 Å². The third-order valence-electron chi connectivity index (χ3n) is 6.73. The SMILES string of the molecule is COc1cc(-c2cc3ccc(C)cc3cc2OC)c(OC)cc1-c1cc2ccc(C)cc2cc1OC. The van der Waals surface area contributed by atoms with Gasteiger partial charge in [-0.2, -0.15) is 0 Å². The van der Waals surface area contributed by atoms with Crippen LogP contribution in [-0.4, -0.2) is 28.4 Å². The molecule has 0 aliphatic rings. The van der Waals surface area contributed by atoms with Gasteiger partial charge in [0.25, 0.3) is 0 Å². The fourth-order valence-electron chi connectivity index (χ4n) is 4.87. The Morgan fingerprint density at radius 1 is 0.361 bits per heavy atom. The molecule has 0 bridgehead atoms. The van der Waals surface area contributed by atoms with Gasteiger partial charge in [0.2, 0.25) is 0 Å². The Morgan fingerprint density at radius 3 is 1.06 bits per heavy atom. The van der Waals surface area contributed by atoms with Crippen LogP contribution in [0.25, 0.3) is 43.8 Å². The van der Waals surface area contributed by atoms with Gasteiger partial charge in [0.1, 0.15) is 23.0 Å². The summed E-state index contributed by atoms with van der Waals surface area (Å²) in [5.41, 5.74) is 6.09. The standard InChI is InChI=1S/C32H30O4/c1-19-7-9-21-13-25(29(33-3)15-23(21)11-19)27-17-32(36-6)28(18-31(27)35-5)26-14-22-10-8-20(2)12-24(22)16-30(26)34-4/h7-18H,1-6H3. The predicted octanol–water partition coefficient (Wildman–Crippen LogP) is 7.98. The summed E-state index contributed by atoms with van der Waals surface area (Å²) in [6.07, 6.45) is 0. The lowest BCUT2D eigenvalue weighted by Gasteiger charge is -2.19. The van der Waals surface area contributed by atoms with Crippen molar-refractivity contribution in [3.05, 3.63) is 83.9 Å². The van der Waals surface area contributed by atoms with Crippen molar-refractivity contribution in [3.63, 3.8) is 0 Å². The molecule has 0 heterocycles. The van der Waals surface area contributed by atoms with Crippen LogP contribution < -0.4 is 18.9 Å². The highest BCUT2D eigenvalue weighted by molar-refractivity contribution is 5.96. The molecular weight excluding hydrogens is 448 g/mol. The van der Waals surface area contributed by atoms with Crippen molar-refractivity contribution in [1.29, 1.82) is 0 Å². The zero-order chi connectivity index (χ0) is 25.4. The molecule has 5 aromatic carbocycles. The lowest BCUT2D eigenvalue weighted by molar-refractivity contribution is 0.402. The molecule has 0 aliphatic carbocycles. The minimum Gasteiger partial charge on any atom is -0.496 e. The van der Waals surface area contributed by atoms with Crippen LogP contribution in [0.4, 0.5) is 0 Å². The van der Waals surface area contributed by atoms with E-state index in [9.17, 15) is 0 Å². The van der Waals surface area contributed by atoms with E-state index in [0.29, 0.717) is 0 Å². The van der Waals surface area contributed by atoms with Crippen molar-refractivity contribution in [2.24, 2.45) is 0 Å². The number of aryl methyl sites for hydroxylation is 2. The molecule has 0 saturated carbocycles. The zero-order valence-electron chi connectivity index (χ0n) is 21.6. The molecule has 0 atom stereocenters. The molecule has 0 radical (unpaired) electrons. The van der Waals surface area contributed by atoms with Crippen LogP contribution in [0.5, 0.6) is 23.0 Å². The third kappa shape index (κ3) is 4.09. The smallest absolute Gasteiger partial charge is 0.127 e. The summed E-state index contributed by atoms with van der Waals surface area (Å²) in [6, 6.07) is 25.3. The Hall–Kier alpha value is -4.18. The number of hydrogen-bond acceptors (Lipinski definition) is 4. The zero-order valence-corrected chi connectivity index (χ0v) is 21.6. The van der Waals surface area contributed by atoms with Crippen molar-refractivity contribution in [1.82, 2.24) is 0 Å². The van der Waals surface area contributed by atoms with Crippen molar-refractivity contribution in [2.75, 3.05) is 28.4 Å². The first-order chi connectivity index (χ1) is 17.4. The van der Waals surface area contributed by atoms with E-state index < -0.39 is 0 Å². The van der Waals surface area contributed by atoms with Crippen molar-refractivity contribution >= 4 is 21.5 Å². The van der Waals surface area contributed by atoms with Gasteiger partial charge >= 0.3 is 0 Å². The monoisotopic (exact) mass is 478 g/mol. The minimum absolute atomic E-state index is 0.724. The lowest BCUT2D eigenvalue weighted by atomic mass is 9.93. The molecule has 182 valence electrons. The molecule has 36 heavy (non-hydrogen) atoms. The van der Waals surface area contributed by atoms with Crippen LogP contribution in [0.2, 0.25) is 0 Å². The Labute approximate surface area is 212 Å². The minimum atomic E-state index is 0.724. The lowest BCUT2D eigenvalue weighted by Crippen LogP contribution is -1.97. The second kappa shape index (κ2) is 9.46. The van der Waals surface area contributed by atoms with E-state index in [4.69, 9.17) is 18.9 Å². The highest BCUT2D eigenvalue weighted by atomic mass is 16.5. The average molecular weight is 479 g/mol. The molecule has 5 rings (SSSR count). The summed E-state index contributed by atoms with van der Waals surface area (Å²) >= 11 is 0. The number of hydrogen-bond donors (Lipinski definition) is 0. The van der Waals surface area contributed by atoms with E-state index in [0.717, 1.165) is 66.8 Å². The van der Waals surface area contributed by atoms with Crippen molar-refractivity contribution < 1.29 is 18.9 Å². The van der Waals surface area contributed by atoms with Crippen LogP contribution in [0, 0.1) is 13.8 Å². The number of benzene rings is 5. The van der Waals surface area contributed by atoms with E-state index in [-0.39, 0.29) is 0 Å². The molecule has 0 N–H and O–H groups in total. The molecule has 0 aliphatic heterocycles. The molecule has 0 amide bonds. The van der Waals surface area contributed by atoms with Gasteiger partial charge in [-0.15, -0.1) is 0 Å². The number of methoxy groups -OCH3 is 4. The Kier molecular flexibility index (Phi) is 6.19. The van der Waals surface area contributed by atoms with Gasteiger partial charge in [-0.1, -0.05) is 47.5 Å². The molecule has 4 nitrogen and oxygen atoms in total. The molecule has 0 saturated heterocycles. The topological polar surface area (TPSA) is 36.9 Å². The maximum Gasteiger partial charge on any atom is 0.127 e. The number of ether oxygens (including phenoxy) is 4. The molecule has 5 aromatic rings. The first-order valence-electron chi connectivity index (χ1n) is 11.9. The van der Waals surface area contributed by atoms with E-state index >= 15 is 0 Å². The maximum absolute atomic E-state index is 5.92. The first kappa shape index (κ1) is 23.6. The Morgan fingerprint density at radius 2 is 0.694 bits per heavy atom. The summed E-state index contributed by atoms with van der Waals surface area (Å²) in [5.74, 6) is 3.00. The highest BCUT2D eigenvalue weighted by Gasteiger charge is 2.20. The van der Waals surface area contributed by atoms with Crippen LogP contribution in [0.1, 0.15) is 11.1 Å². The Bertz CT molecular complexity index is 1480. The fourth-order valence-corrected chi connectivity index (χ4v) is 4.87. The first-order valence-corrected chi connectivity index (χ1v) is 11.9. The van der Waals surface area contributed by atoms with Crippen LogP contribution >= 0.6 is 0 Å². The van der Waals surface area contributed by atoms with Crippen LogP contribution in [0.15, 0.2) is 72.8 Å². The van der Waals surface area contributed by atoms with E-state index in [1.165, 1.54) is 11.1 Å². The molecule has 0 aromatic heterocycles.